The maximum Gasteiger partial charge on any atom is 0.275 e. The minimum Gasteiger partial charge on any atom is -0.506 e. The number of piperidine rings is 1. The minimum absolute atomic E-state index is 0.146. The summed E-state index contributed by atoms with van der Waals surface area (Å²) in [6, 6.07) is 5.60. The number of aliphatic imine (C=N–C) groups is 2. The van der Waals surface area contributed by atoms with Crippen molar-refractivity contribution in [1.29, 1.82) is 0 Å². The van der Waals surface area contributed by atoms with E-state index in [-0.39, 0.29) is 29.4 Å². The number of rotatable bonds is 11. The van der Waals surface area contributed by atoms with E-state index in [9.17, 15) is 14.7 Å². The number of aromatic nitrogens is 1. The number of nitrogens with two attached hydrogens (primary N) is 1. The summed E-state index contributed by atoms with van der Waals surface area (Å²) in [5.41, 5.74) is 12.7. The van der Waals surface area contributed by atoms with Gasteiger partial charge < -0.3 is 15.7 Å². The van der Waals surface area contributed by atoms with Crippen LogP contribution in [0.15, 0.2) is 62.8 Å². The van der Waals surface area contributed by atoms with Crippen LogP contribution in [-0.4, -0.2) is 51.2 Å². The molecule has 2 atom stereocenters. The van der Waals surface area contributed by atoms with Crippen LogP contribution >= 0.6 is 15.9 Å². The second kappa shape index (κ2) is 18.1. The topological polar surface area (TPSA) is 121 Å². The summed E-state index contributed by atoms with van der Waals surface area (Å²) >= 11 is 3.53. The molecule has 8 nitrogen and oxygen atoms in total. The molecular weight excluding hydrogens is 654 g/mol. The first-order valence-corrected chi connectivity index (χ1v) is 17.9. The van der Waals surface area contributed by atoms with E-state index in [2.05, 4.69) is 52.4 Å². The number of hydrogen-bond acceptors (Lipinski definition) is 7. The Morgan fingerprint density at radius 3 is 2.49 bits per heavy atom. The number of amides is 1. The van der Waals surface area contributed by atoms with E-state index < -0.39 is 0 Å². The molecule has 254 valence electrons. The van der Waals surface area contributed by atoms with Crippen LogP contribution in [-0.2, 0) is 4.79 Å². The third-order valence-electron chi connectivity index (χ3n) is 9.10. The molecule has 1 amide bonds. The third-order valence-corrected chi connectivity index (χ3v) is 9.90. The lowest BCUT2D eigenvalue weighted by molar-refractivity contribution is -0.117. The highest BCUT2D eigenvalue weighted by Crippen LogP contribution is 2.40. The summed E-state index contributed by atoms with van der Waals surface area (Å²) in [7, 11) is 0. The molecule has 2 fully saturated rings. The summed E-state index contributed by atoms with van der Waals surface area (Å²) in [5.74, 6) is 0.878. The largest absolute Gasteiger partial charge is 0.506 e. The van der Waals surface area contributed by atoms with E-state index in [1.807, 2.05) is 44.7 Å². The third kappa shape index (κ3) is 9.28. The van der Waals surface area contributed by atoms with Crippen molar-refractivity contribution in [3.8, 4) is 5.75 Å². The van der Waals surface area contributed by atoms with Crippen molar-refractivity contribution in [2.45, 2.75) is 111 Å². The number of ketones is 1. The van der Waals surface area contributed by atoms with Crippen molar-refractivity contribution in [3.63, 3.8) is 0 Å². The van der Waals surface area contributed by atoms with Gasteiger partial charge in [0.05, 0.1) is 11.7 Å². The number of carbonyl (C=O) groups excluding carboxylic acids is 2. The van der Waals surface area contributed by atoms with Gasteiger partial charge in [-0.25, -0.2) is 9.98 Å². The second-order valence-corrected chi connectivity index (χ2v) is 13.2. The van der Waals surface area contributed by atoms with Crippen molar-refractivity contribution in [1.82, 2.24) is 9.88 Å². The Morgan fingerprint density at radius 1 is 1.23 bits per heavy atom. The number of likely N-dealkylation sites (tertiary alicyclic amines) is 1. The van der Waals surface area contributed by atoms with Gasteiger partial charge in [-0.15, -0.1) is 0 Å². The minimum atomic E-state index is -0.248. The second-order valence-electron chi connectivity index (χ2n) is 12.4. The molecule has 2 aromatic rings. The summed E-state index contributed by atoms with van der Waals surface area (Å²) in [5, 5.41) is 10.8. The number of nitrogens with zero attached hydrogens (tertiary/aromatic N) is 4. The molecule has 3 N–H and O–H groups in total. The zero-order chi connectivity index (χ0) is 34.7. The first-order chi connectivity index (χ1) is 22.5. The fraction of sp³-hybridized carbons (Fsp3) is 0.500. The first-order valence-electron chi connectivity index (χ1n) is 17.1. The average molecular weight is 707 g/mol. The molecule has 1 aliphatic heterocycles. The highest BCUT2D eigenvalue weighted by molar-refractivity contribution is 9.10. The smallest absolute Gasteiger partial charge is 0.275 e. The Morgan fingerprint density at radius 2 is 1.96 bits per heavy atom. The Kier molecular flexibility index (Phi) is 14.6. The van der Waals surface area contributed by atoms with Crippen LogP contribution in [0.4, 0.5) is 11.4 Å². The summed E-state index contributed by atoms with van der Waals surface area (Å²) in [4.78, 5) is 40.6. The molecule has 2 aliphatic rings. The maximum atomic E-state index is 14.0. The van der Waals surface area contributed by atoms with Crippen LogP contribution in [0, 0.1) is 12.8 Å². The molecule has 9 heteroatoms. The zero-order valence-electron chi connectivity index (χ0n) is 29.0. The Hall–Kier alpha value is -3.59. The average Bonchev–Trinajstić information content (AvgIpc) is 3.04. The molecule has 1 aromatic carbocycles. The van der Waals surface area contributed by atoms with E-state index in [1.165, 1.54) is 30.9 Å². The van der Waals surface area contributed by atoms with Crippen molar-refractivity contribution in [3.05, 3.63) is 69.6 Å². The van der Waals surface area contributed by atoms with E-state index in [1.54, 1.807) is 12.4 Å². The molecule has 2 unspecified atom stereocenters. The number of allylic oxidation sites excluding steroid dienone is 2. The van der Waals surface area contributed by atoms with E-state index >= 15 is 0 Å². The Bertz CT molecular complexity index is 1530. The van der Waals surface area contributed by atoms with Gasteiger partial charge in [0.25, 0.3) is 5.91 Å². The Balaban J connectivity index is 0.000000665. The molecule has 47 heavy (non-hydrogen) atoms. The lowest BCUT2D eigenvalue weighted by atomic mass is 9.80. The van der Waals surface area contributed by atoms with Gasteiger partial charge in [-0.1, -0.05) is 60.1 Å². The molecule has 1 saturated heterocycles. The number of aromatic hydroxyl groups is 1. The van der Waals surface area contributed by atoms with E-state index in [0.717, 1.165) is 46.3 Å². The molecule has 1 aromatic heterocycles. The number of carbonyl (C=O) groups is 2. The van der Waals surface area contributed by atoms with Crippen LogP contribution in [0.2, 0.25) is 0 Å². The summed E-state index contributed by atoms with van der Waals surface area (Å²) < 4.78 is 0.818. The van der Waals surface area contributed by atoms with Crippen molar-refractivity contribution >= 4 is 50.9 Å². The highest BCUT2D eigenvalue weighted by Gasteiger charge is 2.36. The molecule has 2 heterocycles. The number of phenolic OH excluding ortho intramolecular Hbond substituents is 1. The molecule has 1 saturated carbocycles. The van der Waals surface area contributed by atoms with Gasteiger partial charge in [0.2, 0.25) is 0 Å². The molecule has 0 radical (unpaired) electrons. The summed E-state index contributed by atoms with van der Waals surface area (Å²) in [6.45, 7) is 15.9. The number of pyridine rings is 1. The van der Waals surface area contributed by atoms with Crippen molar-refractivity contribution < 1.29 is 14.7 Å². The first kappa shape index (κ1) is 37.9. The molecule has 0 spiro atoms. The van der Waals surface area contributed by atoms with Crippen LogP contribution in [0.1, 0.15) is 120 Å². The van der Waals surface area contributed by atoms with Crippen LogP contribution in [0.25, 0.3) is 0 Å². The van der Waals surface area contributed by atoms with Crippen LogP contribution in [0.3, 0.4) is 0 Å². The number of benzene rings is 1. The predicted molar refractivity (Wildman–Crippen MR) is 197 cm³/mol. The van der Waals surface area contributed by atoms with Gasteiger partial charge >= 0.3 is 0 Å². The summed E-state index contributed by atoms with van der Waals surface area (Å²) in [6.07, 6.45) is 12.9. The number of halogens is 1. The fourth-order valence-corrected chi connectivity index (χ4v) is 6.12. The monoisotopic (exact) mass is 705 g/mol. The van der Waals surface area contributed by atoms with E-state index in [4.69, 9.17) is 10.7 Å². The van der Waals surface area contributed by atoms with E-state index in [0.29, 0.717) is 48.8 Å². The maximum absolute atomic E-state index is 14.0. The lowest BCUT2D eigenvalue weighted by Crippen LogP contribution is -2.49. The normalized spacial score (nSPS) is 19.2. The van der Waals surface area contributed by atoms with Gasteiger partial charge in [0.1, 0.15) is 11.4 Å². The van der Waals surface area contributed by atoms with Gasteiger partial charge in [-0.05, 0) is 96.6 Å². The lowest BCUT2D eigenvalue weighted by Gasteiger charge is -2.39. The number of phenols is 1. The number of hydrogen-bond donors (Lipinski definition) is 2. The molecular formula is C38H52BrN5O3. The van der Waals surface area contributed by atoms with Gasteiger partial charge in [-0.3, -0.25) is 14.6 Å². The molecule has 1 aliphatic carbocycles. The van der Waals surface area contributed by atoms with Gasteiger partial charge in [0.15, 0.2) is 11.5 Å². The Labute approximate surface area is 289 Å². The van der Waals surface area contributed by atoms with Gasteiger partial charge in [0, 0.05) is 52.7 Å². The van der Waals surface area contributed by atoms with Crippen LogP contribution in [0.5, 0.6) is 5.75 Å². The molecule has 0 bridgehead atoms. The van der Waals surface area contributed by atoms with Crippen molar-refractivity contribution in [2.24, 2.45) is 21.6 Å². The standard InChI is InChI=1S/C31H40BrN5O2.C7H12O/c1-5-9-23(33)28-25(36-24-13-12-21(17-27(24)38)20-10-8-11-20)14-16-37(26(28)7-3)31(39)30-29(34-15-6-2)19(4)22(32)18-35-30;1-4-6(3)7(8)5-2/h12-13,15,17-18,20,26,38H,5-11,14,16,33H2,1-4H3;5-6H,2,4H2,1,3H3/b28-23+,34-15?,36-25?;. The predicted octanol–water partition coefficient (Wildman–Crippen LogP) is 9.44. The zero-order valence-corrected chi connectivity index (χ0v) is 30.6. The fourth-order valence-electron chi connectivity index (χ4n) is 5.83. The van der Waals surface area contributed by atoms with Gasteiger partial charge in [-0.2, -0.15) is 0 Å². The van der Waals surface area contributed by atoms with Crippen LogP contribution < -0.4 is 5.73 Å². The quantitative estimate of drug-likeness (QED) is 0.178. The SMILES string of the molecule is C=CC(=O)C(C)CC.CCC=Nc1c(C(=O)N2CCC(=Nc3ccc(C4CCC4)cc3O)/C(=C(\N)CCC)C2CC)ncc(Br)c1C. The van der Waals surface area contributed by atoms with Crippen molar-refractivity contribution in [2.75, 3.05) is 6.54 Å². The molecule has 4 rings (SSSR count). The highest BCUT2D eigenvalue weighted by atomic mass is 79.9.